The molecule has 2 nitrogen and oxygen atoms in total. The van der Waals surface area contributed by atoms with Gasteiger partial charge >= 0.3 is 0 Å². The van der Waals surface area contributed by atoms with Gasteiger partial charge in [0.15, 0.2) is 0 Å². The molecule has 10 rings (SSSR count). The smallest absolute Gasteiger partial charge is 0.0629 e. The van der Waals surface area contributed by atoms with Gasteiger partial charge in [-0.25, -0.2) is 0 Å². The molecule has 1 aromatic heterocycles. The lowest BCUT2D eigenvalue weighted by Gasteiger charge is -2.26. The second kappa shape index (κ2) is 12.5. The fourth-order valence-corrected chi connectivity index (χ4v) is 7.73. The molecule has 0 aliphatic rings. The summed E-state index contributed by atoms with van der Waals surface area (Å²) in [7, 11) is 0. The van der Waals surface area contributed by atoms with E-state index in [0.29, 0.717) is 0 Å². The zero-order valence-corrected chi connectivity index (χ0v) is 28.4. The van der Waals surface area contributed by atoms with Crippen LogP contribution in [0.4, 0.5) is 17.1 Å². The molecule has 10 aromatic rings. The van der Waals surface area contributed by atoms with E-state index in [1.165, 1.54) is 16.3 Å². The lowest BCUT2D eigenvalue weighted by atomic mass is 9.96. The minimum Gasteiger partial charge on any atom is -0.310 e. The Kier molecular flexibility index (Phi) is 6.68. The van der Waals surface area contributed by atoms with Crippen molar-refractivity contribution in [2.75, 3.05) is 4.90 Å². The first kappa shape index (κ1) is 27.9. The third-order valence-corrected chi connectivity index (χ3v) is 10.1. The van der Waals surface area contributed by atoms with E-state index in [9.17, 15) is 2.74 Å². The van der Waals surface area contributed by atoms with Crippen LogP contribution in [0.5, 0.6) is 0 Å². The molecule has 0 aliphatic heterocycles. The van der Waals surface area contributed by atoms with Gasteiger partial charge < -0.3 is 9.47 Å². The number of hydrogen-bond donors (Lipinski definition) is 0. The number of para-hydroxylation sites is 3. The van der Waals surface area contributed by atoms with Crippen molar-refractivity contribution in [1.29, 1.82) is 0 Å². The average Bonchev–Trinajstić information content (AvgIpc) is 3.57. The highest BCUT2D eigenvalue weighted by Gasteiger charge is 2.17. The zero-order valence-electron chi connectivity index (χ0n) is 30.4. The molecule has 0 amide bonds. The minimum atomic E-state index is 0.204. The summed E-state index contributed by atoms with van der Waals surface area (Å²) in [5.41, 5.74) is 8.14. The molecule has 244 valence electrons. The van der Waals surface area contributed by atoms with Crippen molar-refractivity contribution in [2.24, 2.45) is 0 Å². The Morgan fingerprint density at radius 2 is 1.00 bits per heavy atom. The molecular formula is C50H34N2. The van der Waals surface area contributed by atoms with Gasteiger partial charge in [-0.1, -0.05) is 133 Å². The molecule has 0 atom stereocenters. The molecule has 0 radical (unpaired) electrons. The van der Waals surface area contributed by atoms with Gasteiger partial charge in [0.2, 0.25) is 0 Å². The van der Waals surface area contributed by atoms with Crippen molar-refractivity contribution in [2.45, 2.75) is 0 Å². The Bertz CT molecular complexity index is 3070. The normalized spacial score (nSPS) is 12.7. The van der Waals surface area contributed by atoms with Gasteiger partial charge in [-0.2, -0.15) is 0 Å². The number of rotatable bonds is 6. The first-order valence-electron chi connectivity index (χ1n) is 18.7. The molecule has 0 unspecified atom stereocenters. The lowest BCUT2D eigenvalue weighted by molar-refractivity contribution is 1.18. The van der Waals surface area contributed by atoms with Crippen molar-refractivity contribution in [3.8, 4) is 5.69 Å². The summed E-state index contributed by atoms with van der Waals surface area (Å²) in [5, 5.41) is 8.79. The van der Waals surface area contributed by atoms with Crippen LogP contribution < -0.4 is 4.90 Å². The zero-order chi connectivity index (χ0) is 36.2. The van der Waals surface area contributed by atoms with Gasteiger partial charge in [-0.15, -0.1) is 0 Å². The molecule has 1 heterocycles. The van der Waals surface area contributed by atoms with Gasteiger partial charge in [-0.05, 0) is 116 Å². The third-order valence-electron chi connectivity index (χ3n) is 10.1. The first-order valence-corrected chi connectivity index (χ1v) is 17.7. The average molecular weight is 665 g/mol. The Balaban J connectivity index is 1.08. The van der Waals surface area contributed by atoms with E-state index in [1.54, 1.807) is 0 Å². The number of benzene rings is 9. The number of nitrogens with zero attached hydrogens (tertiary/aromatic N) is 2. The molecule has 0 aliphatic carbocycles. The van der Waals surface area contributed by atoms with E-state index in [0.717, 1.165) is 71.7 Å². The Hall–Kier alpha value is -6.90. The number of fused-ring (bicyclic) bond motifs is 7. The maximum absolute atomic E-state index is 9.24. The molecule has 52 heavy (non-hydrogen) atoms. The van der Waals surface area contributed by atoms with Gasteiger partial charge in [0.1, 0.15) is 0 Å². The summed E-state index contributed by atoms with van der Waals surface area (Å²) in [4.78, 5) is 2.31. The van der Waals surface area contributed by atoms with Crippen LogP contribution in [0.25, 0.3) is 71.9 Å². The maximum Gasteiger partial charge on any atom is 0.0629 e. The summed E-state index contributed by atoms with van der Waals surface area (Å²) in [6, 6.07) is 68.0. The Morgan fingerprint density at radius 3 is 1.85 bits per heavy atom. The highest BCUT2D eigenvalue weighted by molar-refractivity contribution is 6.12. The van der Waals surface area contributed by atoms with Crippen LogP contribution in [0.15, 0.2) is 194 Å². The highest BCUT2D eigenvalue weighted by atomic mass is 15.1. The monoisotopic (exact) mass is 664 g/mol. The van der Waals surface area contributed by atoms with Crippen LogP contribution in [0.2, 0.25) is 0 Å². The SMILES string of the molecule is [2H]/C(=C(/[2H])c1cc2ccccc2c2ccccc12)c1ccc2cc(N(c3ccccc3)c3ccc4c(c3)c3ccccc3n4-c3ccccc3)ccc2c1. The Labute approximate surface area is 305 Å². The topological polar surface area (TPSA) is 8.17 Å². The second-order valence-electron chi connectivity index (χ2n) is 13.2. The van der Waals surface area contributed by atoms with Crippen LogP contribution in [0, 0.1) is 0 Å². The van der Waals surface area contributed by atoms with Crippen LogP contribution in [-0.4, -0.2) is 4.57 Å². The van der Waals surface area contributed by atoms with Gasteiger partial charge in [0, 0.05) is 33.5 Å². The molecule has 0 saturated heterocycles. The summed E-state index contributed by atoms with van der Waals surface area (Å²) in [5.74, 6) is 0. The summed E-state index contributed by atoms with van der Waals surface area (Å²) in [6.07, 6.45) is 0. The largest absolute Gasteiger partial charge is 0.310 e. The standard InChI is InChI=1S/C50H34N2/c1-3-14-40(15-4-1)51(43-29-30-50-48(34-43)47-21-11-12-22-49(47)52(50)41-16-5-2-6-17-41)42-28-27-36-31-35(23-25-37(36)33-42)24-26-39-32-38-13-7-8-18-44(38)46-20-10-9-19-45(39)46/h1-34H/b26-24+/i24D,26D. The van der Waals surface area contributed by atoms with E-state index >= 15 is 0 Å². The van der Waals surface area contributed by atoms with E-state index in [-0.39, 0.29) is 12.1 Å². The van der Waals surface area contributed by atoms with Crippen molar-refractivity contribution in [1.82, 2.24) is 4.57 Å². The summed E-state index contributed by atoms with van der Waals surface area (Å²) in [6.45, 7) is 0. The summed E-state index contributed by atoms with van der Waals surface area (Å²) < 4.78 is 20.8. The molecule has 0 bridgehead atoms. The number of hydrogen-bond acceptors (Lipinski definition) is 1. The van der Waals surface area contributed by atoms with Crippen LogP contribution >= 0.6 is 0 Å². The molecule has 0 spiro atoms. The highest BCUT2D eigenvalue weighted by Crippen LogP contribution is 2.40. The van der Waals surface area contributed by atoms with Crippen LogP contribution in [0.1, 0.15) is 13.9 Å². The number of aromatic nitrogens is 1. The van der Waals surface area contributed by atoms with Crippen molar-refractivity contribution in [3.05, 3.63) is 205 Å². The van der Waals surface area contributed by atoms with E-state index in [1.807, 2.05) is 42.5 Å². The fraction of sp³-hybridized carbons (Fsp3) is 0. The van der Waals surface area contributed by atoms with Gasteiger partial charge in [-0.3, -0.25) is 0 Å². The van der Waals surface area contributed by atoms with Crippen molar-refractivity contribution in [3.63, 3.8) is 0 Å². The van der Waals surface area contributed by atoms with Crippen molar-refractivity contribution < 1.29 is 2.74 Å². The van der Waals surface area contributed by atoms with E-state index in [4.69, 9.17) is 0 Å². The van der Waals surface area contributed by atoms with E-state index in [2.05, 4.69) is 161 Å². The number of anilines is 3. The molecule has 0 N–H and O–H groups in total. The fourth-order valence-electron chi connectivity index (χ4n) is 7.73. The third kappa shape index (κ3) is 5.12. The first-order chi connectivity index (χ1) is 26.6. The molecule has 2 heteroatoms. The van der Waals surface area contributed by atoms with Crippen LogP contribution in [-0.2, 0) is 0 Å². The quantitative estimate of drug-likeness (QED) is 0.127. The summed E-state index contributed by atoms with van der Waals surface area (Å²) >= 11 is 0. The van der Waals surface area contributed by atoms with Crippen LogP contribution in [0.3, 0.4) is 0 Å². The molecular weight excluding hydrogens is 629 g/mol. The van der Waals surface area contributed by atoms with Gasteiger partial charge in [0.25, 0.3) is 0 Å². The second-order valence-corrected chi connectivity index (χ2v) is 13.2. The van der Waals surface area contributed by atoms with E-state index < -0.39 is 0 Å². The predicted octanol–water partition coefficient (Wildman–Crippen LogP) is 13.9. The molecule has 9 aromatic carbocycles. The predicted molar refractivity (Wildman–Crippen MR) is 223 cm³/mol. The van der Waals surface area contributed by atoms with Crippen molar-refractivity contribution >= 4 is 83.3 Å². The lowest BCUT2D eigenvalue weighted by Crippen LogP contribution is -2.09. The molecule has 0 fully saturated rings. The minimum absolute atomic E-state index is 0.204. The molecule has 0 saturated carbocycles. The maximum atomic E-state index is 9.24. The Morgan fingerprint density at radius 1 is 0.385 bits per heavy atom. The van der Waals surface area contributed by atoms with Gasteiger partial charge in [0.05, 0.1) is 13.8 Å².